The highest BCUT2D eigenvalue weighted by Crippen LogP contribution is 2.40. The monoisotopic (exact) mass is 532 g/mol. The third kappa shape index (κ3) is 5.78. The number of amidine groups is 1. The summed E-state index contributed by atoms with van der Waals surface area (Å²) in [6, 6.07) is 10.5. The molecule has 3 rings (SSSR count). The van der Waals surface area contributed by atoms with E-state index in [0.29, 0.717) is 39.4 Å². The van der Waals surface area contributed by atoms with E-state index < -0.39 is 5.97 Å². The van der Waals surface area contributed by atoms with Crippen molar-refractivity contribution in [3.05, 3.63) is 56.9 Å². The van der Waals surface area contributed by atoms with Crippen LogP contribution in [0.3, 0.4) is 0 Å². The summed E-state index contributed by atoms with van der Waals surface area (Å²) in [5.74, 6) is 0.608. The van der Waals surface area contributed by atoms with E-state index >= 15 is 0 Å². The van der Waals surface area contributed by atoms with E-state index in [2.05, 4.69) is 20.9 Å². The first-order valence-electron chi connectivity index (χ1n) is 10.3. The quantitative estimate of drug-likeness (QED) is 0.338. The molecule has 1 aliphatic heterocycles. The lowest BCUT2D eigenvalue weighted by molar-refractivity contribution is -0.122. The number of rotatable bonds is 7. The maximum atomic E-state index is 13.0. The topological polar surface area (TPSA) is 77.4 Å². The van der Waals surface area contributed by atoms with Crippen LogP contribution < -0.4 is 9.47 Å². The van der Waals surface area contributed by atoms with Crippen molar-refractivity contribution < 1.29 is 23.8 Å². The van der Waals surface area contributed by atoms with Gasteiger partial charge < -0.3 is 14.2 Å². The first-order valence-corrected chi connectivity index (χ1v) is 11.9. The summed E-state index contributed by atoms with van der Waals surface area (Å²) in [6.07, 6.45) is 1.79. The average Bonchev–Trinajstić information content (AvgIpc) is 3.08. The fourth-order valence-corrected chi connectivity index (χ4v) is 4.74. The van der Waals surface area contributed by atoms with Gasteiger partial charge in [0.05, 0.1) is 41.0 Å². The number of methoxy groups -OCH3 is 2. The Balaban J connectivity index is 1.95. The second-order valence-electron chi connectivity index (χ2n) is 7.30. The number of ether oxygens (including phenoxy) is 3. The van der Waals surface area contributed by atoms with Crippen molar-refractivity contribution >= 4 is 56.5 Å². The maximum absolute atomic E-state index is 13.0. The summed E-state index contributed by atoms with van der Waals surface area (Å²) < 4.78 is 16.8. The molecule has 0 aliphatic carbocycles. The number of carbonyl (C=O) groups is 2. The Hall–Kier alpha value is -2.78. The fraction of sp³-hybridized carbons (Fsp3) is 0.292. The zero-order chi connectivity index (χ0) is 24.1. The lowest BCUT2D eigenvalue weighted by Crippen LogP contribution is -2.28. The van der Waals surface area contributed by atoms with Crippen LogP contribution in [0.1, 0.15) is 36.7 Å². The van der Waals surface area contributed by atoms with E-state index in [1.165, 1.54) is 18.9 Å². The Labute approximate surface area is 205 Å². The average molecular weight is 533 g/mol. The molecule has 174 valence electrons. The van der Waals surface area contributed by atoms with Gasteiger partial charge in [-0.05, 0) is 90.4 Å². The molecule has 0 unspecified atom stereocenters. The van der Waals surface area contributed by atoms with E-state index in [4.69, 9.17) is 14.2 Å². The van der Waals surface area contributed by atoms with E-state index in [0.717, 1.165) is 10.0 Å². The van der Waals surface area contributed by atoms with Gasteiger partial charge in [-0.1, -0.05) is 6.07 Å². The van der Waals surface area contributed by atoms with E-state index in [-0.39, 0.29) is 12.0 Å². The Morgan fingerprint density at radius 1 is 1.24 bits per heavy atom. The van der Waals surface area contributed by atoms with Gasteiger partial charge in [-0.2, -0.15) is 0 Å². The minimum absolute atomic E-state index is 0.0130. The number of benzene rings is 2. The van der Waals surface area contributed by atoms with Gasteiger partial charge in [-0.25, -0.2) is 9.79 Å². The minimum atomic E-state index is -0.440. The number of carbonyl (C=O) groups excluding carboxylic acids is 2. The van der Waals surface area contributed by atoms with Gasteiger partial charge in [0.2, 0.25) is 0 Å². The SMILES string of the molecule is CCN1C(=O)C(=Cc2cc(Br)c(OC(C)C)c(OC)c2)SC1=Nc1cccc(C(=O)OC)c1. The number of halogens is 1. The first kappa shape index (κ1) is 24.9. The third-order valence-electron chi connectivity index (χ3n) is 4.60. The largest absolute Gasteiger partial charge is 0.493 e. The van der Waals surface area contributed by atoms with E-state index in [1.807, 2.05) is 32.9 Å². The van der Waals surface area contributed by atoms with E-state index in [1.54, 1.807) is 42.4 Å². The summed E-state index contributed by atoms with van der Waals surface area (Å²) in [4.78, 5) is 31.6. The molecule has 0 radical (unpaired) electrons. The number of amides is 1. The van der Waals surface area contributed by atoms with Crippen molar-refractivity contribution in [3.63, 3.8) is 0 Å². The highest BCUT2D eigenvalue weighted by Gasteiger charge is 2.32. The van der Waals surface area contributed by atoms with E-state index in [9.17, 15) is 9.59 Å². The molecule has 9 heteroatoms. The molecule has 0 spiro atoms. The molecule has 1 heterocycles. The van der Waals surface area contributed by atoms with Crippen molar-refractivity contribution in [1.29, 1.82) is 0 Å². The molecule has 33 heavy (non-hydrogen) atoms. The number of nitrogens with zero attached hydrogens (tertiary/aromatic N) is 2. The molecule has 0 aromatic heterocycles. The smallest absolute Gasteiger partial charge is 0.337 e. The molecular formula is C24H25BrN2O5S. The minimum Gasteiger partial charge on any atom is -0.493 e. The maximum Gasteiger partial charge on any atom is 0.337 e. The van der Waals surface area contributed by atoms with Gasteiger partial charge in [-0.15, -0.1) is 0 Å². The standard InChI is InChI=1S/C24H25BrN2O5S/c1-6-27-22(28)20(12-15-10-18(25)21(32-14(2)3)19(11-15)30-4)33-24(27)26-17-9-7-8-16(13-17)23(29)31-5/h7-14H,6H2,1-5H3. The summed E-state index contributed by atoms with van der Waals surface area (Å²) in [5, 5.41) is 0.543. The van der Waals surface area contributed by atoms with Crippen LogP contribution in [0.25, 0.3) is 6.08 Å². The molecule has 7 nitrogen and oxygen atoms in total. The van der Waals surface area contributed by atoms with Crippen LogP contribution in [-0.2, 0) is 9.53 Å². The zero-order valence-electron chi connectivity index (χ0n) is 19.0. The number of esters is 1. The van der Waals surface area contributed by atoms with Crippen LogP contribution in [0, 0.1) is 0 Å². The number of aliphatic imine (C=N–C) groups is 1. The Kier molecular flexibility index (Phi) is 8.20. The fourth-order valence-electron chi connectivity index (χ4n) is 3.13. The normalized spacial score (nSPS) is 16.1. The molecule has 1 fully saturated rings. The van der Waals surface area contributed by atoms with Gasteiger partial charge >= 0.3 is 5.97 Å². The number of hydrogen-bond acceptors (Lipinski definition) is 7. The van der Waals surface area contributed by atoms with Crippen molar-refractivity contribution in [2.24, 2.45) is 4.99 Å². The molecule has 1 aliphatic rings. The van der Waals surface area contributed by atoms with Crippen molar-refractivity contribution in [2.75, 3.05) is 20.8 Å². The Bertz CT molecular complexity index is 1130. The zero-order valence-corrected chi connectivity index (χ0v) is 21.5. The van der Waals surface area contributed by atoms with Crippen LogP contribution in [-0.4, -0.2) is 48.8 Å². The predicted molar refractivity (Wildman–Crippen MR) is 134 cm³/mol. The van der Waals surface area contributed by atoms with Crippen LogP contribution in [0.5, 0.6) is 11.5 Å². The second-order valence-corrected chi connectivity index (χ2v) is 9.16. The highest BCUT2D eigenvalue weighted by molar-refractivity contribution is 9.10. The van der Waals surface area contributed by atoms with Gasteiger partial charge in [0.1, 0.15) is 0 Å². The Morgan fingerprint density at radius 2 is 2.00 bits per heavy atom. The second kappa shape index (κ2) is 10.9. The summed E-state index contributed by atoms with van der Waals surface area (Å²) in [7, 11) is 2.91. The molecular weight excluding hydrogens is 508 g/mol. The van der Waals surface area contributed by atoms with Crippen LogP contribution in [0.4, 0.5) is 5.69 Å². The lowest BCUT2D eigenvalue weighted by Gasteiger charge is -2.16. The molecule has 0 saturated carbocycles. The lowest BCUT2D eigenvalue weighted by atomic mass is 10.1. The van der Waals surface area contributed by atoms with Gasteiger partial charge in [-0.3, -0.25) is 9.69 Å². The third-order valence-corrected chi connectivity index (χ3v) is 6.20. The molecule has 0 atom stereocenters. The van der Waals surface area contributed by atoms with Gasteiger partial charge in [0, 0.05) is 6.54 Å². The van der Waals surface area contributed by atoms with Crippen molar-refractivity contribution in [1.82, 2.24) is 4.90 Å². The van der Waals surface area contributed by atoms with Crippen LogP contribution in [0.15, 0.2) is 50.8 Å². The van der Waals surface area contributed by atoms with Crippen molar-refractivity contribution in [3.8, 4) is 11.5 Å². The molecule has 1 saturated heterocycles. The number of thioether (sulfide) groups is 1. The molecule has 0 N–H and O–H groups in total. The molecule has 2 aromatic carbocycles. The van der Waals surface area contributed by atoms with Gasteiger partial charge in [0.25, 0.3) is 5.91 Å². The van der Waals surface area contributed by atoms with Gasteiger partial charge in [0.15, 0.2) is 16.7 Å². The number of hydrogen-bond donors (Lipinski definition) is 0. The molecule has 1 amide bonds. The number of likely N-dealkylation sites (N-methyl/N-ethyl adjacent to an activating group) is 1. The molecule has 0 bridgehead atoms. The van der Waals surface area contributed by atoms with Crippen molar-refractivity contribution in [2.45, 2.75) is 26.9 Å². The van der Waals surface area contributed by atoms with Crippen LogP contribution in [0.2, 0.25) is 0 Å². The highest BCUT2D eigenvalue weighted by atomic mass is 79.9. The Morgan fingerprint density at radius 3 is 2.64 bits per heavy atom. The first-order chi connectivity index (χ1) is 15.8. The van der Waals surface area contributed by atoms with Crippen LogP contribution >= 0.6 is 27.7 Å². The summed E-state index contributed by atoms with van der Waals surface area (Å²) in [6.45, 7) is 6.24. The summed E-state index contributed by atoms with van der Waals surface area (Å²) >= 11 is 4.82. The predicted octanol–water partition coefficient (Wildman–Crippen LogP) is 5.66. The summed E-state index contributed by atoms with van der Waals surface area (Å²) in [5.41, 5.74) is 1.75. The molecule has 2 aromatic rings.